The number of nitrogens with one attached hydrogen (secondary N) is 2. The van der Waals surface area contributed by atoms with Gasteiger partial charge in [0, 0.05) is 23.8 Å². The van der Waals surface area contributed by atoms with Crippen LogP contribution in [0.25, 0.3) is 0 Å². The second kappa shape index (κ2) is 4.06. The highest BCUT2D eigenvalue weighted by atomic mass is 19.1. The summed E-state index contributed by atoms with van der Waals surface area (Å²) in [7, 11) is 0. The van der Waals surface area contributed by atoms with E-state index in [0.717, 1.165) is 24.2 Å². The van der Waals surface area contributed by atoms with Gasteiger partial charge in [0.05, 0.1) is 0 Å². The molecule has 1 unspecified atom stereocenters. The molecule has 2 N–H and O–H groups in total. The molecule has 1 aliphatic heterocycles. The van der Waals surface area contributed by atoms with E-state index in [1.165, 1.54) is 6.07 Å². The van der Waals surface area contributed by atoms with Gasteiger partial charge in [-0.3, -0.25) is 0 Å². The van der Waals surface area contributed by atoms with Crippen LogP contribution in [0.1, 0.15) is 26.3 Å². The second-order valence-corrected chi connectivity index (χ2v) is 5.48. The van der Waals surface area contributed by atoms with E-state index in [4.69, 9.17) is 0 Å². The molecule has 0 amide bonds. The Hall–Kier alpha value is -1.09. The molecule has 0 bridgehead atoms. The smallest absolute Gasteiger partial charge is 0.123 e. The molecule has 88 valence electrons. The highest BCUT2D eigenvalue weighted by Gasteiger charge is 2.22. The van der Waals surface area contributed by atoms with Gasteiger partial charge in [-0.25, -0.2) is 4.39 Å². The summed E-state index contributed by atoms with van der Waals surface area (Å²) >= 11 is 0. The first kappa shape index (κ1) is 11.4. The van der Waals surface area contributed by atoms with Gasteiger partial charge in [-0.05, 0) is 51.0 Å². The standard InChI is InChI=1S/C13H19FN2/c1-13(2,3)16-11-7-9-6-10(14)4-5-12(9)15-8-11/h4-6,11,15-16H,7-8H2,1-3H3. The van der Waals surface area contributed by atoms with Gasteiger partial charge in [-0.2, -0.15) is 0 Å². The Bertz CT molecular complexity index is 382. The van der Waals surface area contributed by atoms with Crippen LogP contribution in [0, 0.1) is 5.82 Å². The third kappa shape index (κ3) is 2.73. The van der Waals surface area contributed by atoms with Gasteiger partial charge in [-0.15, -0.1) is 0 Å². The van der Waals surface area contributed by atoms with E-state index in [-0.39, 0.29) is 11.4 Å². The molecule has 1 aromatic carbocycles. The number of hydrogen-bond donors (Lipinski definition) is 2. The van der Waals surface area contributed by atoms with Crippen molar-refractivity contribution >= 4 is 5.69 Å². The van der Waals surface area contributed by atoms with Crippen molar-refractivity contribution in [1.29, 1.82) is 0 Å². The van der Waals surface area contributed by atoms with Crippen LogP contribution in [-0.2, 0) is 6.42 Å². The minimum atomic E-state index is -0.156. The molecule has 0 radical (unpaired) electrons. The molecule has 0 saturated heterocycles. The van der Waals surface area contributed by atoms with Crippen molar-refractivity contribution < 1.29 is 4.39 Å². The van der Waals surface area contributed by atoms with Crippen LogP contribution in [0.4, 0.5) is 10.1 Å². The molecule has 0 aromatic heterocycles. The summed E-state index contributed by atoms with van der Waals surface area (Å²) in [5.74, 6) is -0.156. The molecule has 1 aromatic rings. The maximum Gasteiger partial charge on any atom is 0.123 e. The second-order valence-electron chi connectivity index (χ2n) is 5.48. The number of fused-ring (bicyclic) bond motifs is 1. The van der Waals surface area contributed by atoms with Crippen LogP contribution in [0.5, 0.6) is 0 Å². The molecule has 0 aliphatic carbocycles. The highest BCUT2D eigenvalue weighted by molar-refractivity contribution is 5.53. The first-order valence-electron chi connectivity index (χ1n) is 5.74. The van der Waals surface area contributed by atoms with Crippen LogP contribution >= 0.6 is 0 Å². The lowest BCUT2D eigenvalue weighted by Gasteiger charge is -2.33. The molecule has 1 atom stereocenters. The monoisotopic (exact) mass is 222 g/mol. The lowest BCUT2D eigenvalue weighted by Crippen LogP contribution is -2.49. The average Bonchev–Trinajstić information content (AvgIpc) is 2.14. The Kier molecular flexibility index (Phi) is 2.89. The summed E-state index contributed by atoms with van der Waals surface area (Å²) in [6.45, 7) is 7.34. The Labute approximate surface area is 96.2 Å². The number of halogens is 1. The predicted molar refractivity (Wildman–Crippen MR) is 65.3 cm³/mol. The summed E-state index contributed by atoms with van der Waals surface area (Å²) in [6.07, 6.45) is 0.886. The van der Waals surface area contributed by atoms with Crippen LogP contribution in [0.15, 0.2) is 18.2 Å². The van der Waals surface area contributed by atoms with Gasteiger partial charge in [0.15, 0.2) is 0 Å². The number of benzene rings is 1. The molecule has 0 saturated carbocycles. The molecule has 0 fully saturated rings. The minimum Gasteiger partial charge on any atom is -0.383 e. The summed E-state index contributed by atoms with van der Waals surface area (Å²) in [4.78, 5) is 0. The van der Waals surface area contributed by atoms with Gasteiger partial charge in [0.2, 0.25) is 0 Å². The molecule has 0 spiro atoms. The number of rotatable bonds is 1. The summed E-state index contributed by atoms with van der Waals surface area (Å²) in [5, 5.41) is 6.87. The van der Waals surface area contributed by atoms with Crippen LogP contribution in [0.3, 0.4) is 0 Å². The SMILES string of the molecule is CC(C)(C)NC1CNc2ccc(F)cc2C1. The van der Waals surface area contributed by atoms with Gasteiger partial charge >= 0.3 is 0 Å². The lowest BCUT2D eigenvalue weighted by atomic mass is 9.97. The first-order valence-corrected chi connectivity index (χ1v) is 5.74. The quantitative estimate of drug-likeness (QED) is 0.763. The third-order valence-electron chi connectivity index (χ3n) is 2.71. The van der Waals surface area contributed by atoms with Crippen molar-refractivity contribution in [3.8, 4) is 0 Å². The Balaban J connectivity index is 2.11. The molecule has 2 nitrogen and oxygen atoms in total. The summed E-state index contributed by atoms with van der Waals surface area (Å²) < 4.78 is 13.1. The van der Waals surface area contributed by atoms with Crippen LogP contribution in [-0.4, -0.2) is 18.1 Å². The maximum absolute atomic E-state index is 13.1. The summed E-state index contributed by atoms with van der Waals surface area (Å²) in [5.41, 5.74) is 2.22. The first-order chi connectivity index (χ1) is 7.44. The molecule has 1 heterocycles. The zero-order valence-corrected chi connectivity index (χ0v) is 10.1. The number of anilines is 1. The molecular weight excluding hydrogens is 203 g/mol. The highest BCUT2D eigenvalue weighted by Crippen LogP contribution is 2.23. The fourth-order valence-electron chi connectivity index (χ4n) is 2.19. The van der Waals surface area contributed by atoms with Crippen molar-refractivity contribution in [2.45, 2.75) is 38.8 Å². The van der Waals surface area contributed by atoms with Gasteiger partial charge in [0.1, 0.15) is 5.82 Å². The largest absolute Gasteiger partial charge is 0.383 e. The number of hydrogen-bond acceptors (Lipinski definition) is 2. The molecule has 3 heteroatoms. The van der Waals surface area contributed by atoms with Crippen LogP contribution in [0.2, 0.25) is 0 Å². The van der Waals surface area contributed by atoms with Gasteiger partial charge in [-0.1, -0.05) is 0 Å². The van der Waals surface area contributed by atoms with Gasteiger partial charge in [0.25, 0.3) is 0 Å². The maximum atomic E-state index is 13.1. The molecule has 1 aliphatic rings. The van der Waals surface area contributed by atoms with Crippen molar-refractivity contribution in [3.05, 3.63) is 29.6 Å². The zero-order chi connectivity index (χ0) is 11.8. The Morgan fingerprint density at radius 2 is 2.12 bits per heavy atom. The van der Waals surface area contributed by atoms with Crippen molar-refractivity contribution in [2.24, 2.45) is 0 Å². The lowest BCUT2D eigenvalue weighted by molar-refractivity contribution is 0.360. The van der Waals surface area contributed by atoms with E-state index < -0.39 is 0 Å². The van der Waals surface area contributed by atoms with E-state index in [1.807, 2.05) is 6.07 Å². The topological polar surface area (TPSA) is 24.1 Å². The average molecular weight is 222 g/mol. The summed E-state index contributed by atoms with van der Waals surface area (Å²) in [6, 6.07) is 5.31. The van der Waals surface area contributed by atoms with E-state index in [2.05, 4.69) is 31.4 Å². The van der Waals surface area contributed by atoms with Crippen molar-refractivity contribution in [1.82, 2.24) is 5.32 Å². The van der Waals surface area contributed by atoms with E-state index in [1.54, 1.807) is 6.07 Å². The zero-order valence-electron chi connectivity index (χ0n) is 10.1. The Morgan fingerprint density at radius 1 is 1.38 bits per heavy atom. The van der Waals surface area contributed by atoms with Crippen molar-refractivity contribution in [2.75, 3.05) is 11.9 Å². The molecule has 2 rings (SSSR count). The van der Waals surface area contributed by atoms with Crippen LogP contribution < -0.4 is 10.6 Å². The fourth-order valence-corrected chi connectivity index (χ4v) is 2.19. The third-order valence-corrected chi connectivity index (χ3v) is 2.71. The molecule has 16 heavy (non-hydrogen) atoms. The van der Waals surface area contributed by atoms with Crippen molar-refractivity contribution in [3.63, 3.8) is 0 Å². The molecular formula is C13H19FN2. The normalized spacial score (nSPS) is 20.1. The predicted octanol–water partition coefficient (Wildman–Crippen LogP) is 2.55. The minimum absolute atomic E-state index is 0.0944. The van der Waals surface area contributed by atoms with E-state index in [9.17, 15) is 4.39 Å². The van der Waals surface area contributed by atoms with E-state index >= 15 is 0 Å². The van der Waals surface area contributed by atoms with E-state index in [0.29, 0.717) is 6.04 Å². The Morgan fingerprint density at radius 3 is 2.81 bits per heavy atom. The van der Waals surface area contributed by atoms with Gasteiger partial charge < -0.3 is 10.6 Å². The fraction of sp³-hybridized carbons (Fsp3) is 0.538.